The summed E-state index contributed by atoms with van der Waals surface area (Å²) in [5.74, 6) is 0.691. The number of phenols is 1. The summed E-state index contributed by atoms with van der Waals surface area (Å²) in [4.78, 5) is 2.42. The van der Waals surface area contributed by atoms with Crippen LogP contribution in [0.15, 0.2) is 59.7 Å². The van der Waals surface area contributed by atoms with E-state index < -0.39 is 0 Å². The maximum atomic E-state index is 14.8. The molecule has 2 aromatic rings. The Hall–Kier alpha value is -2.63. The maximum absolute atomic E-state index is 14.8. The fourth-order valence-electron chi connectivity index (χ4n) is 6.20. The topological polar surface area (TPSA) is 52.9 Å². The van der Waals surface area contributed by atoms with Gasteiger partial charge in [0, 0.05) is 6.54 Å². The molecule has 2 aromatic carbocycles. The number of hydrogen-bond acceptors (Lipinski definition) is 4. The van der Waals surface area contributed by atoms with Crippen molar-refractivity contribution in [3.05, 3.63) is 82.2 Å². The van der Waals surface area contributed by atoms with Gasteiger partial charge >= 0.3 is 0 Å². The molecule has 2 N–H and O–H groups in total. The molecule has 2 aliphatic carbocycles. The summed E-state index contributed by atoms with van der Waals surface area (Å²) >= 11 is 0. The molecule has 3 aliphatic rings. The highest BCUT2D eigenvalue weighted by molar-refractivity contribution is 5.42. The molecule has 198 valence electrons. The standard InChI is InChI=1S/C32H40FNO3/c33-31-19-23(6-14-32(31)37-18-17-34-15-3-1-2-4-16-34)5-7-27-22-29(36)12-13-30(27)26-9-8-25-21-28(35)11-10-24(25)20-26/h6,10-14,19,22,26,28,35-36H,1-5,7-9,15-18,20-21H2. The second-order valence-corrected chi connectivity index (χ2v) is 11.0. The van der Waals surface area contributed by atoms with Crippen LogP contribution in [-0.2, 0) is 12.8 Å². The van der Waals surface area contributed by atoms with Gasteiger partial charge < -0.3 is 14.9 Å². The van der Waals surface area contributed by atoms with Gasteiger partial charge in [0.1, 0.15) is 12.4 Å². The summed E-state index contributed by atoms with van der Waals surface area (Å²) in [5, 5.41) is 20.1. The van der Waals surface area contributed by atoms with Gasteiger partial charge in [-0.15, -0.1) is 0 Å². The van der Waals surface area contributed by atoms with E-state index >= 15 is 0 Å². The van der Waals surface area contributed by atoms with Gasteiger partial charge in [-0.3, -0.25) is 4.90 Å². The summed E-state index contributed by atoms with van der Waals surface area (Å²) in [6, 6.07) is 11.0. The quantitative estimate of drug-likeness (QED) is 0.433. The molecule has 4 nitrogen and oxygen atoms in total. The molecule has 37 heavy (non-hydrogen) atoms. The highest BCUT2D eigenvalue weighted by Gasteiger charge is 2.26. The zero-order chi connectivity index (χ0) is 25.6. The van der Waals surface area contributed by atoms with Crippen molar-refractivity contribution in [2.75, 3.05) is 26.2 Å². The Balaban J connectivity index is 1.19. The average Bonchev–Trinajstić information content (AvgIpc) is 3.17. The van der Waals surface area contributed by atoms with Gasteiger partial charge in [-0.05, 0) is 117 Å². The van der Waals surface area contributed by atoms with E-state index in [0.29, 0.717) is 24.7 Å². The van der Waals surface area contributed by atoms with Crippen molar-refractivity contribution in [1.29, 1.82) is 0 Å². The number of aromatic hydroxyl groups is 1. The van der Waals surface area contributed by atoms with Crippen LogP contribution in [0.3, 0.4) is 0 Å². The normalized spacial score (nSPS) is 22.5. The van der Waals surface area contributed by atoms with Crippen molar-refractivity contribution in [3.8, 4) is 11.5 Å². The Morgan fingerprint density at radius 2 is 1.81 bits per heavy atom. The van der Waals surface area contributed by atoms with Crippen molar-refractivity contribution in [1.82, 2.24) is 4.90 Å². The van der Waals surface area contributed by atoms with Crippen molar-refractivity contribution in [3.63, 3.8) is 0 Å². The van der Waals surface area contributed by atoms with Crippen molar-refractivity contribution < 1.29 is 19.3 Å². The van der Waals surface area contributed by atoms with Crippen LogP contribution in [0.4, 0.5) is 4.39 Å². The monoisotopic (exact) mass is 505 g/mol. The minimum absolute atomic E-state index is 0.273. The van der Waals surface area contributed by atoms with E-state index in [2.05, 4.69) is 17.0 Å². The fourth-order valence-corrected chi connectivity index (χ4v) is 6.20. The number of rotatable bonds is 8. The summed E-state index contributed by atoms with van der Waals surface area (Å²) in [6.45, 7) is 3.58. The van der Waals surface area contributed by atoms with Crippen LogP contribution < -0.4 is 4.74 Å². The maximum Gasteiger partial charge on any atom is 0.165 e. The number of halogens is 1. The average molecular weight is 506 g/mol. The predicted octanol–water partition coefficient (Wildman–Crippen LogP) is 6.46. The fraction of sp³-hybridized carbons (Fsp3) is 0.500. The van der Waals surface area contributed by atoms with Gasteiger partial charge in [0.15, 0.2) is 11.6 Å². The van der Waals surface area contributed by atoms with Crippen LogP contribution in [0.5, 0.6) is 11.5 Å². The lowest BCUT2D eigenvalue weighted by Crippen LogP contribution is -2.29. The highest BCUT2D eigenvalue weighted by Crippen LogP contribution is 2.41. The number of hydrogen-bond donors (Lipinski definition) is 2. The van der Waals surface area contributed by atoms with E-state index in [1.165, 1.54) is 42.4 Å². The van der Waals surface area contributed by atoms with Gasteiger partial charge in [0.25, 0.3) is 0 Å². The largest absolute Gasteiger partial charge is 0.508 e. The summed E-state index contributed by atoms with van der Waals surface area (Å²) in [5.41, 5.74) is 6.08. The molecule has 1 saturated heterocycles. The summed E-state index contributed by atoms with van der Waals surface area (Å²) in [6.07, 6.45) is 14.0. The Kier molecular flexibility index (Phi) is 8.62. The van der Waals surface area contributed by atoms with Crippen LogP contribution in [0.1, 0.15) is 74.0 Å². The van der Waals surface area contributed by atoms with Gasteiger partial charge in [-0.2, -0.15) is 0 Å². The van der Waals surface area contributed by atoms with E-state index in [4.69, 9.17) is 4.74 Å². The summed E-state index contributed by atoms with van der Waals surface area (Å²) < 4.78 is 20.6. The smallest absolute Gasteiger partial charge is 0.165 e. The zero-order valence-electron chi connectivity index (χ0n) is 21.8. The zero-order valence-corrected chi connectivity index (χ0v) is 21.8. The number of nitrogens with zero attached hydrogens (tertiary/aromatic N) is 1. The number of aryl methyl sites for hydroxylation is 2. The Morgan fingerprint density at radius 3 is 2.62 bits per heavy atom. The Bertz CT molecular complexity index is 1130. The number of aliphatic hydroxyl groups is 1. The second kappa shape index (κ2) is 12.3. The first-order valence-corrected chi connectivity index (χ1v) is 14.1. The van der Waals surface area contributed by atoms with Gasteiger partial charge in [-0.25, -0.2) is 4.39 Å². The van der Waals surface area contributed by atoms with Gasteiger partial charge in [0.05, 0.1) is 6.10 Å². The van der Waals surface area contributed by atoms with Crippen LogP contribution in [0.2, 0.25) is 0 Å². The summed E-state index contributed by atoms with van der Waals surface area (Å²) in [7, 11) is 0. The van der Waals surface area contributed by atoms with Crippen LogP contribution in [0, 0.1) is 5.82 Å². The van der Waals surface area contributed by atoms with E-state index in [-0.39, 0.29) is 17.7 Å². The molecule has 0 amide bonds. The number of ether oxygens (including phenoxy) is 1. The Labute approximate surface area is 220 Å². The van der Waals surface area contributed by atoms with E-state index in [0.717, 1.165) is 62.9 Å². The highest BCUT2D eigenvalue weighted by atomic mass is 19.1. The first kappa shape index (κ1) is 26.0. The number of benzene rings is 2. The number of aliphatic hydroxyl groups excluding tert-OH is 1. The molecule has 0 saturated carbocycles. The number of likely N-dealkylation sites (tertiary alicyclic amines) is 1. The van der Waals surface area contributed by atoms with Crippen molar-refractivity contribution in [2.24, 2.45) is 0 Å². The van der Waals surface area contributed by atoms with Crippen molar-refractivity contribution in [2.45, 2.75) is 76.2 Å². The molecule has 2 unspecified atom stereocenters. The first-order valence-electron chi connectivity index (χ1n) is 14.1. The van der Waals surface area contributed by atoms with Crippen LogP contribution in [0.25, 0.3) is 0 Å². The SMILES string of the molecule is Oc1ccc(C2CCC3=C(C=CC(O)C3)C2)c(CCc2ccc(OCCN3CCCCCC3)c(F)c2)c1. The third kappa shape index (κ3) is 6.82. The first-order chi connectivity index (χ1) is 18.0. The molecular formula is C32H40FNO3. The molecule has 0 radical (unpaired) electrons. The molecule has 1 fully saturated rings. The number of phenolic OH excluding ortho intramolecular Hbond substituents is 1. The van der Waals surface area contributed by atoms with Gasteiger partial charge in [0.2, 0.25) is 0 Å². The third-order valence-corrected chi connectivity index (χ3v) is 8.30. The molecule has 0 aromatic heterocycles. The minimum Gasteiger partial charge on any atom is -0.508 e. The molecule has 1 heterocycles. The molecule has 0 spiro atoms. The molecule has 5 rings (SSSR count). The third-order valence-electron chi connectivity index (χ3n) is 8.30. The lowest BCUT2D eigenvalue weighted by Gasteiger charge is -2.30. The molecule has 5 heteroatoms. The van der Waals surface area contributed by atoms with E-state index in [9.17, 15) is 14.6 Å². The lowest BCUT2D eigenvalue weighted by atomic mass is 9.75. The Morgan fingerprint density at radius 1 is 0.973 bits per heavy atom. The lowest BCUT2D eigenvalue weighted by molar-refractivity contribution is 0.209. The molecular weight excluding hydrogens is 465 g/mol. The number of allylic oxidation sites excluding steroid dienone is 2. The van der Waals surface area contributed by atoms with Gasteiger partial charge in [-0.1, -0.05) is 42.7 Å². The van der Waals surface area contributed by atoms with E-state index in [1.807, 2.05) is 18.2 Å². The van der Waals surface area contributed by atoms with E-state index in [1.54, 1.807) is 18.2 Å². The predicted molar refractivity (Wildman–Crippen MR) is 146 cm³/mol. The molecule has 2 atom stereocenters. The minimum atomic E-state index is -0.351. The second-order valence-electron chi connectivity index (χ2n) is 11.0. The molecule has 0 bridgehead atoms. The van der Waals surface area contributed by atoms with Crippen molar-refractivity contribution >= 4 is 0 Å². The van der Waals surface area contributed by atoms with Crippen LogP contribution in [-0.4, -0.2) is 47.5 Å². The molecule has 1 aliphatic heterocycles. The van der Waals surface area contributed by atoms with Crippen LogP contribution >= 0.6 is 0 Å².